The minimum Gasteiger partial charge on any atom is -0.354 e. The Labute approximate surface area is 106 Å². The van der Waals surface area contributed by atoms with E-state index in [4.69, 9.17) is 10.4 Å². The van der Waals surface area contributed by atoms with E-state index in [-0.39, 0.29) is 0 Å². The molecular weight excluding hydrogens is 286 g/mol. The van der Waals surface area contributed by atoms with Crippen molar-refractivity contribution in [1.82, 2.24) is 5.16 Å². The monoisotopic (exact) mass is 295 g/mol. The van der Waals surface area contributed by atoms with Gasteiger partial charge in [0.1, 0.15) is 11.4 Å². The first-order valence-electron chi connectivity index (χ1n) is 4.85. The van der Waals surface area contributed by atoms with Crippen molar-refractivity contribution in [3.8, 4) is 11.3 Å². The van der Waals surface area contributed by atoms with Gasteiger partial charge in [0.2, 0.25) is 6.41 Å². The third-order valence-corrected chi connectivity index (χ3v) is 2.84. The van der Waals surface area contributed by atoms with Gasteiger partial charge in [-0.3, -0.25) is 4.79 Å². The molecule has 2 rings (SSSR count). The average molecular weight is 296 g/mol. The molecule has 17 heavy (non-hydrogen) atoms. The Bertz CT molecular complexity index is 536. The maximum atomic E-state index is 10.7. The molecule has 0 unspecified atom stereocenters. The second-order valence-corrected chi connectivity index (χ2v) is 4.38. The van der Waals surface area contributed by atoms with E-state index in [0.29, 0.717) is 23.6 Å². The van der Waals surface area contributed by atoms with Crippen LogP contribution >= 0.6 is 15.9 Å². The number of hydrogen-bond acceptors (Lipinski definition) is 4. The first kappa shape index (κ1) is 11.8. The average Bonchev–Trinajstić information content (AvgIpc) is 2.71. The molecule has 2 N–H and O–H groups in total. The highest BCUT2D eigenvalue weighted by molar-refractivity contribution is 9.10. The molecule has 88 valence electrons. The van der Waals surface area contributed by atoms with Crippen LogP contribution < -0.4 is 10.9 Å². The summed E-state index contributed by atoms with van der Waals surface area (Å²) in [5.74, 6) is 6.04. The topological polar surface area (TPSA) is 72.4 Å². The Hall–Kier alpha value is -1.66. The number of benzene rings is 1. The Morgan fingerprint density at radius 3 is 2.65 bits per heavy atom. The molecule has 6 heteroatoms. The zero-order chi connectivity index (χ0) is 12.4. The molecule has 1 amide bonds. The number of amides is 1. The van der Waals surface area contributed by atoms with Crippen LogP contribution in [0.4, 0.5) is 5.69 Å². The summed E-state index contributed by atoms with van der Waals surface area (Å²) in [4.78, 5) is 10.7. The van der Waals surface area contributed by atoms with E-state index >= 15 is 0 Å². The standard InChI is InChI=1S/C11H10BrN3O2/c1-7-10(15(13)6-16)11(17-14-7)8-2-4-9(12)5-3-8/h2-6H,13H2,1H3. The number of hydrazine groups is 1. The van der Waals surface area contributed by atoms with Crippen molar-refractivity contribution in [2.75, 3.05) is 5.01 Å². The fourth-order valence-corrected chi connectivity index (χ4v) is 1.78. The molecule has 0 saturated heterocycles. The molecule has 0 radical (unpaired) electrons. The second-order valence-electron chi connectivity index (χ2n) is 3.47. The predicted molar refractivity (Wildman–Crippen MR) is 67.1 cm³/mol. The lowest BCUT2D eigenvalue weighted by Gasteiger charge is -2.09. The number of carbonyl (C=O) groups excluding carboxylic acids is 1. The number of rotatable bonds is 3. The molecule has 2 aromatic rings. The lowest BCUT2D eigenvalue weighted by Crippen LogP contribution is -2.29. The number of anilines is 1. The van der Waals surface area contributed by atoms with E-state index in [9.17, 15) is 4.79 Å². The van der Waals surface area contributed by atoms with Crippen LogP contribution in [0.1, 0.15) is 5.69 Å². The molecule has 1 heterocycles. The number of halogens is 1. The van der Waals surface area contributed by atoms with Gasteiger partial charge >= 0.3 is 0 Å². The van der Waals surface area contributed by atoms with E-state index < -0.39 is 0 Å². The quantitative estimate of drug-likeness (QED) is 0.408. The van der Waals surface area contributed by atoms with Crippen LogP contribution in [0.15, 0.2) is 33.3 Å². The molecule has 0 bridgehead atoms. The largest absolute Gasteiger partial charge is 0.354 e. The van der Waals surface area contributed by atoms with Gasteiger partial charge in [0.15, 0.2) is 5.76 Å². The van der Waals surface area contributed by atoms with E-state index in [2.05, 4.69) is 21.1 Å². The SMILES string of the molecule is Cc1noc(-c2ccc(Br)cc2)c1N(N)C=O. The van der Waals surface area contributed by atoms with Crippen LogP contribution in [-0.2, 0) is 4.79 Å². The van der Waals surface area contributed by atoms with E-state index in [1.165, 1.54) is 0 Å². The van der Waals surface area contributed by atoms with Crippen LogP contribution in [0.5, 0.6) is 0 Å². The smallest absolute Gasteiger partial charge is 0.228 e. The van der Waals surface area contributed by atoms with Gasteiger partial charge in [0, 0.05) is 10.0 Å². The Balaban J connectivity index is 2.52. The second kappa shape index (κ2) is 4.68. The van der Waals surface area contributed by atoms with Crippen molar-refractivity contribution in [3.63, 3.8) is 0 Å². The summed E-state index contributed by atoms with van der Waals surface area (Å²) in [5, 5.41) is 4.78. The van der Waals surface area contributed by atoms with E-state index in [0.717, 1.165) is 15.0 Å². The van der Waals surface area contributed by atoms with Gasteiger partial charge < -0.3 is 4.52 Å². The normalized spacial score (nSPS) is 10.3. The fourth-order valence-electron chi connectivity index (χ4n) is 1.51. The molecule has 0 saturated carbocycles. The van der Waals surface area contributed by atoms with Gasteiger partial charge in [0.05, 0.1) is 0 Å². The zero-order valence-corrected chi connectivity index (χ0v) is 10.6. The highest BCUT2D eigenvalue weighted by atomic mass is 79.9. The maximum Gasteiger partial charge on any atom is 0.228 e. The molecule has 0 atom stereocenters. The van der Waals surface area contributed by atoms with Crippen molar-refractivity contribution >= 4 is 28.0 Å². The summed E-state index contributed by atoms with van der Waals surface area (Å²) in [5.41, 5.74) is 1.85. The Morgan fingerprint density at radius 2 is 2.06 bits per heavy atom. The third-order valence-electron chi connectivity index (χ3n) is 2.31. The van der Waals surface area contributed by atoms with Crippen LogP contribution in [0, 0.1) is 6.92 Å². The molecular formula is C11H10BrN3O2. The minimum absolute atomic E-state index is 0.474. The molecule has 1 aromatic carbocycles. The fraction of sp³-hybridized carbons (Fsp3) is 0.0909. The number of carbonyl (C=O) groups is 1. The highest BCUT2D eigenvalue weighted by Gasteiger charge is 2.18. The molecule has 0 spiro atoms. The number of nitrogens with zero attached hydrogens (tertiary/aromatic N) is 2. The van der Waals surface area contributed by atoms with Crippen molar-refractivity contribution in [2.45, 2.75) is 6.92 Å². The summed E-state index contributed by atoms with van der Waals surface area (Å²) in [7, 11) is 0. The number of aryl methyl sites for hydroxylation is 1. The van der Waals surface area contributed by atoms with Gasteiger partial charge in [-0.05, 0) is 31.2 Å². The van der Waals surface area contributed by atoms with E-state index in [1.807, 2.05) is 24.3 Å². The lowest BCUT2D eigenvalue weighted by atomic mass is 10.1. The first-order valence-corrected chi connectivity index (χ1v) is 5.64. The van der Waals surface area contributed by atoms with Gasteiger partial charge in [-0.15, -0.1) is 0 Å². The number of nitrogens with two attached hydrogens (primary N) is 1. The van der Waals surface area contributed by atoms with Crippen molar-refractivity contribution < 1.29 is 9.32 Å². The van der Waals surface area contributed by atoms with Crippen molar-refractivity contribution in [2.24, 2.45) is 5.84 Å². The number of aromatic nitrogens is 1. The van der Waals surface area contributed by atoms with Crippen LogP contribution in [0.25, 0.3) is 11.3 Å². The minimum atomic E-state index is 0.474. The molecule has 0 fully saturated rings. The van der Waals surface area contributed by atoms with Crippen LogP contribution in [-0.4, -0.2) is 11.6 Å². The van der Waals surface area contributed by atoms with Gasteiger partial charge in [0.25, 0.3) is 0 Å². The predicted octanol–water partition coefficient (Wildman–Crippen LogP) is 2.25. The summed E-state index contributed by atoms with van der Waals surface area (Å²) in [6.07, 6.45) is 0.516. The Kier molecular flexibility index (Phi) is 3.26. The summed E-state index contributed by atoms with van der Waals surface area (Å²) in [6, 6.07) is 7.45. The van der Waals surface area contributed by atoms with Crippen molar-refractivity contribution in [3.05, 3.63) is 34.4 Å². The molecule has 0 aliphatic rings. The zero-order valence-electron chi connectivity index (χ0n) is 9.05. The summed E-state index contributed by atoms with van der Waals surface area (Å²) < 4.78 is 6.16. The first-order chi connectivity index (χ1) is 8.13. The van der Waals surface area contributed by atoms with Crippen molar-refractivity contribution in [1.29, 1.82) is 0 Å². The van der Waals surface area contributed by atoms with E-state index in [1.54, 1.807) is 6.92 Å². The summed E-state index contributed by atoms with van der Waals surface area (Å²) in [6.45, 7) is 1.73. The maximum absolute atomic E-state index is 10.7. The number of hydrogen-bond donors (Lipinski definition) is 1. The molecule has 5 nitrogen and oxygen atoms in total. The highest BCUT2D eigenvalue weighted by Crippen LogP contribution is 2.32. The lowest BCUT2D eigenvalue weighted by molar-refractivity contribution is -0.107. The summed E-state index contributed by atoms with van der Waals surface area (Å²) >= 11 is 3.35. The van der Waals surface area contributed by atoms with Gasteiger partial charge in [-0.1, -0.05) is 21.1 Å². The van der Waals surface area contributed by atoms with Crippen LogP contribution in [0.2, 0.25) is 0 Å². The van der Waals surface area contributed by atoms with Crippen LogP contribution in [0.3, 0.4) is 0 Å². The van der Waals surface area contributed by atoms with Gasteiger partial charge in [-0.2, -0.15) is 0 Å². The molecule has 1 aromatic heterocycles. The molecule has 0 aliphatic carbocycles. The Morgan fingerprint density at radius 1 is 1.41 bits per heavy atom. The third kappa shape index (κ3) is 2.22. The molecule has 0 aliphatic heterocycles. The van der Waals surface area contributed by atoms with Gasteiger partial charge in [-0.25, -0.2) is 10.9 Å².